The number of carbonyl (C=O) groups excluding carboxylic acids is 3. The van der Waals surface area contributed by atoms with Gasteiger partial charge in [0.15, 0.2) is 0 Å². The molecule has 4 fully saturated rings. The molecule has 4 aliphatic rings. The zero-order chi connectivity index (χ0) is 22.0. The first kappa shape index (κ1) is 20.8. The number of aliphatic hydroxyl groups is 1. The molecule has 1 N–H and O–H groups in total. The van der Waals surface area contributed by atoms with Crippen molar-refractivity contribution in [2.45, 2.75) is 57.2 Å². The molecule has 0 amide bonds. The number of hydrogen-bond donors (Lipinski definition) is 1. The summed E-state index contributed by atoms with van der Waals surface area (Å²) in [4.78, 5) is 36.1. The summed E-state index contributed by atoms with van der Waals surface area (Å²) in [6.07, 6.45) is -0.769. The lowest BCUT2D eigenvalue weighted by Crippen LogP contribution is -2.42. The van der Waals surface area contributed by atoms with E-state index in [0.717, 1.165) is 0 Å². The monoisotopic (exact) mass is 418 g/mol. The molecule has 4 rings (SSSR count). The number of fused-ring (bicyclic) bond motifs is 5. The Morgan fingerprint density at radius 2 is 2.07 bits per heavy atom. The van der Waals surface area contributed by atoms with Crippen molar-refractivity contribution >= 4 is 17.9 Å². The topological polar surface area (TPSA) is 112 Å². The number of esters is 3. The van der Waals surface area contributed by atoms with Gasteiger partial charge in [-0.3, -0.25) is 4.79 Å². The van der Waals surface area contributed by atoms with Gasteiger partial charge >= 0.3 is 17.9 Å². The lowest BCUT2D eigenvalue weighted by molar-refractivity contribution is -0.152. The third kappa shape index (κ3) is 3.01. The molecule has 0 aromatic heterocycles. The van der Waals surface area contributed by atoms with Gasteiger partial charge in [0, 0.05) is 18.4 Å². The van der Waals surface area contributed by atoms with Crippen LogP contribution in [0.15, 0.2) is 36.0 Å². The number of epoxide rings is 1. The van der Waals surface area contributed by atoms with Gasteiger partial charge < -0.3 is 24.1 Å². The number of hydrogen-bond acceptors (Lipinski definition) is 8. The molecule has 0 aromatic rings. The summed E-state index contributed by atoms with van der Waals surface area (Å²) in [6.45, 7) is 12.6. The van der Waals surface area contributed by atoms with Crippen LogP contribution < -0.4 is 0 Å². The summed E-state index contributed by atoms with van der Waals surface area (Å²) in [5.41, 5.74) is 0.397. The van der Waals surface area contributed by atoms with E-state index in [1.165, 1.54) is 13.0 Å². The van der Waals surface area contributed by atoms with E-state index in [2.05, 4.69) is 13.2 Å². The Kier molecular flexibility index (Phi) is 4.90. The number of allylic oxidation sites excluding steroid dienone is 1. The molecule has 2 aliphatic carbocycles. The van der Waals surface area contributed by atoms with Crippen LogP contribution in [0.4, 0.5) is 0 Å². The molecule has 0 radical (unpaired) electrons. The highest BCUT2D eigenvalue weighted by atomic mass is 16.6. The van der Waals surface area contributed by atoms with Gasteiger partial charge in [-0.15, -0.1) is 0 Å². The summed E-state index contributed by atoms with van der Waals surface area (Å²) in [6, 6.07) is 0. The Morgan fingerprint density at radius 1 is 1.37 bits per heavy atom. The minimum Gasteiger partial charge on any atom is -0.461 e. The Hall–Kier alpha value is -2.45. The average molecular weight is 418 g/mol. The molecule has 30 heavy (non-hydrogen) atoms. The predicted molar refractivity (Wildman–Crippen MR) is 103 cm³/mol. The number of ether oxygens (including phenoxy) is 4. The summed E-state index contributed by atoms with van der Waals surface area (Å²) in [5, 5.41) is 11.2. The normalized spacial score (nSPS) is 41.9. The minimum absolute atomic E-state index is 0.0131. The summed E-state index contributed by atoms with van der Waals surface area (Å²) in [5.74, 6) is -2.88. The second-order valence-electron chi connectivity index (χ2n) is 8.56. The van der Waals surface area contributed by atoms with Crippen LogP contribution in [0, 0.1) is 17.8 Å². The second-order valence-corrected chi connectivity index (χ2v) is 8.56. The standard InChI is InChI=1S/C22H26O8/c1-6-12(8-27-11(4)23)21(26)28-18-9(2)13-7-14-22(5,30-14)16(13)19-15(17(18)24)10(3)20(25)29-19/h6,13-19,24H,2-3,7-8H2,1,4-5H3/b12-6+/t13-,14+,15+,16-,17-,18+,19+,22+/m0/s1. The van der Waals surface area contributed by atoms with Crippen LogP contribution in [0.3, 0.4) is 0 Å². The first-order valence-electron chi connectivity index (χ1n) is 10.0. The van der Waals surface area contributed by atoms with E-state index in [0.29, 0.717) is 12.0 Å². The number of carbonyl (C=O) groups is 3. The van der Waals surface area contributed by atoms with Crippen molar-refractivity contribution in [1.29, 1.82) is 0 Å². The highest BCUT2D eigenvalue weighted by molar-refractivity contribution is 5.91. The second kappa shape index (κ2) is 7.06. The molecule has 0 bridgehead atoms. The van der Waals surface area contributed by atoms with E-state index >= 15 is 0 Å². The summed E-state index contributed by atoms with van der Waals surface area (Å²) < 4.78 is 22.0. The van der Waals surface area contributed by atoms with Crippen molar-refractivity contribution in [2.24, 2.45) is 17.8 Å². The molecule has 2 saturated carbocycles. The molecule has 162 valence electrons. The largest absolute Gasteiger partial charge is 0.461 e. The van der Waals surface area contributed by atoms with Crippen molar-refractivity contribution in [1.82, 2.24) is 0 Å². The fourth-order valence-electron chi connectivity index (χ4n) is 5.26. The lowest BCUT2D eigenvalue weighted by Gasteiger charge is -2.30. The Bertz CT molecular complexity index is 872. The first-order valence-corrected chi connectivity index (χ1v) is 10.0. The van der Waals surface area contributed by atoms with Crippen molar-refractivity contribution in [3.63, 3.8) is 0 Å². The van der Waals surface area contributed by atoms with E-state index in [9.17, 15) is 19.5 Å². The van der Waals surface area contributed by atoms with Crippen molar-refractivity contribution in [3.05, 3.63) is 36.0 Å². The summed E-state index contributed by atoms with van der Waals surface area (Å²) >= 11 is 0. The quantitative estimate of drug-likeness (QED) is 0.239. The minimum atomic E-state index is -1.25. The van der Waals surface area contributed by atoms with Gasteiger partial charge in [-0.25, -0.2) is 9.59 Å². The molecule has 2 aliphatic heterocycles. The molecular weight excluding hydrogens is 392 g/mol. The molecule has 2 heterocycles. The zero-order valence-corrected chi connectivity index (χ0v) is 17.3. The number of rotatable bonds is 4. The maximum Gasteiger partial charge on any atom is 0.337 e. The first-order chi connectivity index (χ1) is 14.1. The van der Waals surface area contributed by atoms with Crippen LogP contribution in [0.1, 0.15) is 27.2 Å². The molecule has 0 spiro atoms. The van der Waals surface area contributed by atoms with Crippen LogP contribution in [0.25, 0.3) is 0 Å². The van der Waals surface area contributed by atoms with E-state index in [1.807, 2.05) is 6.92 Å². The van der Waals surface area contributed by atoms with Gasteiger partial charge in [-0.2, -0.15) is 0 Å². The van der Waals surface area contributed by atoms with Crippen LogP contribution >= 0.6 is 0 Å². The lowest BCUT2D eigenvalue weighted by atomic mass is 9.78. The van der Waals surface area contributed by atoms with Gasteiger partial charge in [0.2, 0.25) is 0 Å². The molecule has 8 heteroatoms. The van der Waals surface area contributed by atoms with Crippen LogP contribution in [0.2, 0.25) is 0 Å². The Balaban J connectivity index is 1.63. The van der Waals surface area contributed by atoms with Crippen LogP contribution in [-0.2, 0) is 33.3 Å². The van der Waals surface area contributed by atoms with Crippen molar-refractivity contribution in [3.8, 4) is 0 Å². The molecule has 0 aromatic carbocycles. The van der Waals surface area contributed by atoms with Crippen molar-refractivity contribution in [2.75, 3.05) is 6.61 Å². The third-order valence-corrected chi connectivity index (χ3v) is 6.95. The Labute approximate surface area is 174 Å². The van der Waals surface area contributed by atoms with Gasteiger partial charge in [-0.1, -0.05) is 19.2 Å². The van der Waals surface area contributed by atoms with Gasteiger partial charge in [-0.05, 0) is 31.8 Å². The molecule has 8 nitrogen and oxygen atoms in total. The SMILES string of the molecule is C=C1C(=O)O[C@@H]2[C@H]1[C@H](O)[C@H](OC(=O)/C(=C/C)COC(C)=O)C(=C)[C@@H]1C[C@H]3O[C@@]3(C)[C@H]21. The van der Waals surface area contributed by atoms with Gasteiger partial charge in [0.05, 0.1) is 23.2 Å². The fourth-order valence-corrected chi connectivity index (χ4v) is 5.26. The Morgan fingerprint density at radius 3 is 2.70 bits per heavy atom. The van der Waals surface area contributed by atoms with E-state index in [4.69, 9.17) is 18.9 Å². The highest BCUT2D eigenvalue weighted by Gasteiger charge is 2.72. The van der Waals surface area contributed by atoms with Crippen molar-refractivity contribution < 1.29 is 38.4 Å². The summed E-state index contributed by atoms with van der Waals surface area (Å²) in [7, 11) is 0. The van der Waals surface area contributed by atoms with Crippen LogP contribution in [0.5, 0.6) is 0 Å². The zero-order valence-electron chi connectivity index (χ0n) is 17.3. The van der Waals surface area contributed by atoms with E-state index < -0.39 is 47.7 Å². The predicted octanol–water partition coefficient (Wildman–Crippen LogP) is 1.23. The van der Waals surface area contributed by atoms with Gasteiger partial charge in [0.1, 0.15) is 24.9 Å². The smallest absolute Gasteiger partial charge is 0.337 e. The third-order valence-electron chi connectivity index (χ3n) is 6.95. The molecular formula is C22H26O8. The maximum absolute atomic E-state index is 12.7. The van der Waals surface area contributed by atoms with Gasteiger partial charge in [0.25, 0.3) is 0 Å². The molecule has 0 unspecified atom stereocenters. The van der Waals surface area contributed by atoms with E-state index in [-0.39, 0.29) is 35.7 Å². The highest BCUT2D eigenvalue weighted by Crippen LogP contribution is 2.63. The number of aliphatic hydroxyl groups excluding tert-OH is 1. The molecule has 2 saturated heterocycles. The average Bonchev–Trinajstić information content (AvgIpc) is 3.14. The van der Waals surface area contributed by atoms with E-state index in [1.54, 1.807) is 6.92 Å². The fraction of sp³-hybridized carbons (Fsp3) is 0.591. The molecule has 8 atom stereocenters. The van der Waals surface area contributed by atoms with Crippen LogP contribution in [-0.4, -0.2) is 59.6 Å². The maximum atomic E-state index is 12.7.